The van der Waals surface area contributed by atoms with E-state index in [1.54, 1.807) is 18.2 Å². The van der Waals surface area contributed by atoms with Gasteiger partial charge in [0.15, 0.2) is 0 Å². The number of ether oxygens (including phenoxy) is 1. The number of methoxy groups -OCH3 is 1. The van der Waals surface area contributed by atoms with Crippen LogP contribution < -0.4 is 40.0 Å². The third-order valence-electron chi connectivity index (χ3n) is 2.93. The van der Waals surface area contributed by atoms with E-state index in [1.807, 2.05) is 6.92 Å². The van der Waals surface area contributed by atoms with E-state index in [9.17, 15) is 13.0 Å². The van der Waals surface area contributed by atoms with Crippen LogP contribution in [0.2, 0.25) is 0 Å². The molecule has 2 aromatic rings. The molecule has 0 amide bonds. The first-order chi connectivity index (χ1) is 10.3. The van der Waals surface area contributed by atoms with E-state index in [1.165, 1.54) is 19.2 Å². The normalized spacial score (nSPS) is 11.3. The summed E-state index contributed by atoms with van der Waals surface area (Å²) in [6, 6.07) is 8.67. The summed E-state index contributed by atoms with van der Waals surface area (Å²) in [5.41, 5.74) is 7.83. The molecule has 0 aliphatic rings. The fourth-order valence-electron chi connectivity index (χ4n) is 1.80. The molecular formula is C14H14N3NaO4S. The van der Waals surface area contributed by atoms with Crippen LogP contribution >= 0.6 is 0 Å². The van der Waals surface area contributed by atoms with Crippen LogP contribution in [0.25, 0.3) is 0 Å². The molecule has 7 nitrogen and oxygen atoms in total. The van der Waals surface area contributed by atoms with Gasteiger partial charge in [-0.15, -0.1) is 0 Å². The zero-order valence-electron chi connectivity index (χ0n) is 13.0. The summed E-state index contributed by atoms with van der Waals surface area (Å²) >= 11 is 0. The second kappa shape index (κ2) is 7.89. The second-order valence-electron chi connectivity index (χ2n) is 4.53. The molecule has 116 valence electrons. The number of hydrogen-bond acceptors (Lipinski definition) is 7. The van der Waals surface area contributed by atoms with Crippen LogP contribution in [0.15, 0.2) is 51.5 Å². The van der Waals surface area contributed by atoms with Gasteiger partial charge in [-0.2, -0.15) is 10.2 Å². The van der Waals surface area contributed by atoms with E-state index in [0.29, 0.717) is 17.1 Å². The van der Waals surface area contributed by atoms with E-state index in [-0.39, 0.29) is 40.1 Å². The molecule has 23 heavy (non-hydrogen) atoms. The number of nitrogens with zero attached hydrogens (tertiary/aromatic N) is 2. The number of nitrogen functional groups attached to an aromatic ring is 1. The molecule has 0 aromatic heterocycles. The Hall–Kier alpha value is -1.45. The number of nitrogens with two attached hydrogens (primary N) is 1. The van der Waals surface area contributed by atoms with Gasteiger partial charge in [0.25, 0.3) is 0 Å². The molecule has 2 aromatic carbocycles. The van der Waals surface area contributed by atoms with Crippen LogP contribution in [0, 0.1) is 6.92 Å². The van der Waals surface area contributed by atoms with Gasteiger partial charge in [0.1, 0.15) is 15.9 Å². The van der Waals surface area contributed by atoms with Crippen molar-refractivity contribution in [1.29, 1.82) is 0 Å². The molecule has 0 aliphatic heterocycles. The maximum atomic E-state index is 11.0. The van der Waals surface area contributed by atoms with Gasteiger partial charge in [0, 0.05) is 6.07 Å². The molecule has 0 saturated carbocycles. The maximum Gasteiger partial charge on any atom is 1.00 e. The van der Waals surface area contributed by atoms with E-state index in [0.717, 1.165) is 11.6 Å². The number of hydrogen-bond donors (Lipinski definition) is 1. The predicted molar refractivity (Wildman–Crippen MR) is 80.7 cm³/mol. The van der Waals surface area contributed by atoms with Crippen LogP contribution in [0.1, 0.15) is 5.56 Å². The largest absolute Gasteiger partial charge is 1.00 e. The Morgan fingerprint density at radius 1 is 1.17 bits per heavy atom. The van der Waals surface area contributed by atoms with Crippen molar-refractivity contribution in [2.45, 2.75) is 11.8 Å². The minimum absolute atomic E-state index is 0. The van der Waals surface area contributed by atoms with Gasteiger partial charge in [-0.05, 0) is 36.8 Å². The van der Waals surface area contributed by atoms with Gasteiger partial charge in [-0.3, -0.25) is 0 Å². The summed E-state index contributed by atoms with van der Waals surface area (Å²) in [5.74, 6) is 0.468. The summed E-state index contributed by atoms with van der Waals surface area (Å²) in [5, 5.41) is 7.98. The Kier molecular flexibility index (Phi) is 6.72. The fraction of sp³-hybridized carbons (Fsp3) is 0.143. The average molecular weight is 343 g/mol. The van der Waals surface area contributed by atoms with Crippen LogP contribution in [-0.2, 0) is 10.1 Å². The molecule has 0 atom stereocenters. The van der Waals surface area contributed by atoms with Crippen LogP contribution in [0.3, 0.4) is 0 Å². The molecule has 9 heteroatoms. The van der Waals surface area contributed by atoms with E-state index >= 15 is 0 Å². The summed E-state index contributed by atoms with van der Waals surface area (Å²) in [6.07, 6.45) is 0. The standard InChI is InChI=1S/C14H15N3O4S.Na/c1-9-6-12(15)14(21-2)8-13(9)17-16-10-4-3-5-11(7-10)22(18,19)20;/h3-8H,15H2,1-2H3,(H,18,19,20);/q;+1/p-1. The quantitative estimate of drug-likeness (QED) is 0.360. The zero-order chi connectivity index (χ0) is 16.3. The van der Waals surface area contributed by atoms with Crippen molar-refractivity contribution in [3.63, 3.8) is 0 Å². The Bertz CT molecular complexity index is 838. The van der Waals surface area contributed by atoms with Crippen molar-refractivity contribution in [2.24, 2.45) is 10.2 Å². The van der Waals surface area contributed by atoms with Gasteiger partial charge in [0.05, 0.1) is 29.1 Å². The summed E-state index contributed by atoms with van der Waals surface area (Å²) < 4.78 is 38.0. The minimum atomic E-state index is -4.52. The van der Waals surface area contributed by atoms with Gasteiger partial charge in [-0.1, -0.05) is 6.07 Å². The SMILES string of the molecule is COc1cc(N=Nc2cccc(S(=O)(=O)[O-])c2)c(C)cc1N.[Na+]. The molecule has 0 bridgehead atoms. The van der Waals surface area contributed by atoms with Crippen LogP contribution in [0.4, 0.5) is 17.1 Å². The first kappa shape index (κ1) is 19.6. The molecular weight excluding hydrogens is 329 g/mol. The third kappa shape index (κ3) is 5.02. The molecule has 0 heterocycles. The smallest absolute Gasteiger partial charge is 0.744 e. The molecule has 0 saturated heterocycles. The predicted octanol–water partition coefficient (Wildman–Crippen LogP) is -0.0907. The second-order valence-corrected chi connectivity index (χ2v) is 5.91. The Morgan fingerprint density at radius 2 is 1.87 bits per heavy atom. The van der Waals surface area contributed by atoms with E-state index in [4.69, 9.17) is 10.5 Å². The average Bonchev–Trinajstić information content (AvgIpc) is 2.46. The van der Waals surface area contributed by atoms with Crippen LogP contribution in [0.5, 0.6) is 5.75 Å². The first-order valence-corrected chi connectivity index (χ1v) is 7.64. The fourth-order valence-corrected chi connectivity index (χ4v) is 2.31. The zero-order valence-corrected chi connectivity index (χ0v) is 15.8. The Labute approximate surface area is 156 Å². The number of anilines is 1. The van der Waals surface area contributed by atoms with Crippen LogP contribution in [-0.4, -0.2) is 20.1 Å². The third-order valence-corrected chi connectivity index (χ3v) is 3.76. The number of benzene rings is 2. The summed E-state index contributed by atoms with van der Waals surface area (Å²) in [4.78, 5) is -0.351. The van der Waals surface area contributed by atoms with Crippen molar-refractivity contribution in [1.82, 2.24) is 0 Å². The van der Waals surface area contributed by atoms with Gasteiger partial charge < -0.3 is 15.0 Å². The number of rotatable bonds is 4. The molecule has 0 radical (unpaired) electrons. The minimum Gasteiger partial charge on any atom is -0.744 e. The van der Waals surface area contributed by atoms with Gasteiger partial charge in [-0.25, -0.2) is 8.42 Å². The monoisotopic (exact) mass is 343 g/mol. The van der Waals surface area contributed by atoms with Crippen molar-refractivity contribution in [2.75, 3.05) is 12.8 Å². The molecule has 0 unspecified atom stereocenters. The Morgan fingerprint density at radius 3 is 2.48 bits per heavy atom. The van der Waals surface area contributed by atoms with Crippen molar-refractivity contribution in [3.8, 4) is 5.75 Å². The maximum absolute atomic E-state index is 11.0. The Balaban J connectivity index is 0.00000264. The van der Waals surface area contributed by atoms with Gasteiger partial charge in [0.2, 0.25) is 0 Å². The summed E-state index contributed by atoms with van der Waals surface area (Å²) in [7, 11) is -3.03. The molecule has 0 spiro atoms. The van der Waals surface area contributed by atoms with E-state index < -0.39 is 10.1 Å². The van der Waals surface area contributed by atoms with E-state index in [2.05, 4.69) is 10.2 Å². The van der Waals surface area contributed by atoms with Crippen molar-refractivity contribution < 1.29 is 47.3 Å². The van der Waals surface area contributed by atoms with Crippen molar-refractivity contribution in [3.05, 3.63) is 42.0 Å². The first-order valence-electron chi connectivity index (χ1n) is 6.23. The topological polar surface area (TPSA) is 117 Å². The number of aryl methyl sites for hydroxylation is 1. The van der Waals surface area contributed by atoms with Gasteiger partial charge >= 0.3 is 29.6 Å². The molecule has 0 aliphatic carbocycles. The molecule has 2 rings (SSSR count). The molecule has 2 N–H and O–H groups in total. The summed E-state index contributed by atoms with van der Waals surface area (Å²) in [6.45, 7) is 1.81. The molecule has 0 fully saturated rings. The van der Waals surface area contributed by atoms with Crippen molar-refractivity contribution >= 4 is 27.2 Å². The number of azo groups is 1.